The number of hydrogen-bond donors (Lipinski definition) is 1. The van der Waals surface area contributed by atoms with Crippen molar-refractivity contribution in [3.8, 4) is 0 Å². The first-order valence-electron chi connectivity index (χ1n) is 3.01. The summed E-state index contributed by atoms with van der Waals surface area (Å²) in [5, 5.41) is 8.30. The summed E-state index contributed by atoms with van der Waals surface area (Å²) >= 11 is 0. The Kier molecular flexibility index (Phi) is 2.07. The molecule has 6 heteroatoms. The van der Waals surface area contributed by atoms with E-state index in [2.05, 4.69) is 9.40 Å². The minimum atomic E-state index is -2.83. The highest BCUT2D eigenvalue weighted by Crippen LogP contribution is 2.22. The molecule has 0 spiro atoms. The van der Waals surface area contributed by atoms with Crippen molar-refractivity contribution in [3.05, 3.63) is 17.3 Å². The normalized spacial score (nSPS) is 10.7. The van der Waals surface area contributed by atoms with Gasteiger partial charge in [-0.25, -0.2) is 18.6 Å². The largest absolute Gasteiger partial charge is 0.474 e. The summed E-state index contributed by atoms with van der Waals surface area (Å²) < 4.78 is 28.2. The molecule has 0 saturated heterocycles. The minimum Gasteiger partial charge on any atom is -0.474 e. The van der Waals surface area contributed by atoms with Crippen molar-refractivity contribution >= 4 is 5.97 Å². The molecule has 1 rings (SSSR count). The maximum absolute atomic E-state index is 12.0. The monoisotopic (exact) mass is 177 g/mol. The summed E-state index contributed by atoms with van der Waals surface area (Å²) in [7, 11) is 0. The topological polar surface area (TPSA) is 63.3 Å². The molecule has 0 amide bonds. The number of nitrogens with zero attached hydrogens (tertiary/aromatic N) is 1. The molecule has 0 fully saturated rings. The molecule has 1 heterocycles. The summed E-state index contributed by atoms with van der Waals surface area (Å²) in [5.41, 5.74) is -0.0950. The molecule has 0 aromatic carbocycles. The van der Waals surface area contributed by atoms with Gasteiger partial charge in [0.2, 0.25) is 0 Å². The van der Waals surface area contributed by atoms with Gasteiger partial charge in [-0.15, -0.1) is 0 Å². The molecule has 0 radical (unpaired) electrons. The van der Waals surface area contributed by atoms with Crippen molar-refractivity contribution in [2.24, 2.45) is 0 Å². The van der Waals surface area contributed by atoms with Crippen LogP contribution in [-0.4, -0.2) is 16.1 Å². The number of aromatic carboxylic acids is 1. The average molecular weight is 177 g/mol. The number of rotatable bonds is 2. The molecular formula is C6H5F2NO3. The molecule has 12 heavy (non-hydrogen) atoms. The van der Waals surface area contributed by atoms with Gasteiger partial charge in [-0.2, -0.15) is 0 Å². The second-order valence-electron chi connectivity index (χ2n) is 2.07. The third-order valence-corrected chi connectivity index (χ3v) is 1.21. The molecule has 1 N–H and O–H groups in total. The summed E-state index contributed by atoms with van der Waals surface area (Å²) in [6.07, 6.45) is -2.83. The lowest BCUT2D eigenvalue weighted by Crippen LogP contribution is -1.95. The van der Waals surface area contributed by atoms with Crippen LogP contribution in [0, 0.1) is 6.92 Å². The Hall–Kier alpha value is -1.46. The lowest BCUT2D eigenvalue weighted by molar-refractivity contribution is 0.0636. The minimum absolute atomic E-state index is 0.0950. The van der Waals surface area contributed by atoms with Gasteiger partial charge in [0.25, 0.3) is 6.43 Å². The SMILES string of the molecule is Cc1nc(C(=O)O)oc1C(F)F. The van der Waals surface area contributed by atoms with Gasteiger partial charge in [0.05, 0.1) is 5.69 Å². The van der Waals surface area contributed by atoms with Crippen molar-refractivity contribution in [1.29, 1.82) is 0 Å². The first kappa shape index (κ1) is 8.63. The predicted molar refractivity (Wildman–Crippen MR) is 33.2 cm³/mol. The first-order chi connectivity index (χ1) is 5.52. The fourth-order valence-corrected chi connectivity index (χ4v) is 0.702. The maximum Gasteiger partial charge on any atom is 0.392 e. The van der Waals surface area contributed by atoms with Crippen molar-refractivity contribution in [2.75, 3.05) is 0 Å². The van der Waals surface area contributed by atoms with Gasteiger partial charge in [0.1, 0.15) is 0 Å². The van der Waals surface area contributed by atoms with Crippen LogP contribution in [0.4, 0.5) is 8.78 Å². The smallest absolute Gasteiger partial charge is 0.392 e. The maximum atomic E-state index is 12.0. The molecule has 4 nitrogen and oxygen atoms in total. The summed E-state index contributed by atoms with van der Waals surface area (Å²) in [6.45, 7) is 1.26. The standard InChI is InChI=1S/C6H5F2NO3/c1-2-3(4(7)8)12-5(9-2)6(10)11/h4H,1H3,(H,10,11). The number of carboxylic acids is 1. The lowest BCUT2D eigenvalue weighted by atomic mass is 10.4. The van der Waals surface area contributed by atoms with Crippen LogP contribution in [0.5, 0.6) is 0 Å². The van der Waals surface area contributed by atoms with Crippen molar-refractivity contribution in [3.63, 3.8) is 0 Å². The first-order valence-corrected chi connectivity index (χ1v) is 3.01. The van der Waals surface area contributed by atoms with E-state index in [1.54, 1.807) is 0 Å². The highest BCUT2D eigenvalue weighted by atomic mass is 19.3. The van der Waals surface area contributed by atoms with Gasteiger partial charge in [-0.3, -0.25) is 0 Å². The fourth-order valence-electron chi connectivity index (χ4n) is 0.702. The number of halogens is 2. The third-order valence-electron chi connectivity index (χ3n) is 1.21. The second-order valence-corrected chi connectivity index (χ2v) is 2.07. The number of aryl methyl sites for hydroxylation is 1. The van der Waals surface area contributed by atoms with Gasteiger partial charge < -0.3 is 9.52 Å². The lowest BCUT2D eigenvalue weighted by Gasteiger charge is -1.90. The number of aromatic nitrogens is 1. The van der Waals surface area contributed by atoms with Crippen LogP contribution in [0.1, 0.15) is 28.6 Å². The molecule has 66 valence electrons. The van der Waals surface area contributed by atoms with Crippen LogP contribution >= 0.6 is 0 Å². The zero-order valence-electron chi connectivity index (χ0n) is 6.04. The van der Waals surface area contributed by atoms with Crippen LogP contribution in [0.15, 0.2) is 4.42 Å². The molecule has 0 unspecified atom stereocenters. The highest BCUT2D eigenvalue weighted by Gasteiger charge is 2.21. The van der Waals surface area contributed by atoms with E-state index in [-0.39, 0.29) is 5.69 Å². The quantitative estimate of drug-likeness (QED) is 0.745. The Morgan fingerprint density at radius 1 is 1.67 bits per heavy atom. The van der Waals surface area contributed by atoms with E-state index in [1.807, 2.05) is 0 Å². The molecule has 0 aliphatic carbocycles. The molecular weight excluding hydrogens is 172 g/mol. The van der Waals surface area contributed by atoms with Gasteiger partial charge >= 0.3 is 11.9 Å². The molecule has 0 atom stereocenters. The van der Waals surface area contributed by atoms with Crippen molar-refractivity contribution < 1.29 is 23.1 Å². The zero-order valence-corrected chi connectivity index (χ0v) is 6.04. The number of oxazole rings is 1. The van der Waals surface area contributed by atoms with E-state index in [4.69, 9.17) is 5.11 Å². The zero-order chi connectivity index (χ0) is 9.30. The number of carboxylic acid groups (broad SMARTS) is 1. The van der Waals surface area contributed by atoms with Gasteiger partial charge in [0, 0.05) is 0 Å². The van der Waals surface area contributed by atoms with Crippen LogP contribution < -0.4 is 0 Å². The Morgan fingerprint density at radius 3 is 2.50 bits per heavy atom. The molecule has 0 aliphatic heterocycles. The number of hydrogen-bond acceptors (Lipinski definition) is 3. The summed E-state index contributed by atoms with van der Waals surface area (Å²) in [4.78, 5) is 13.5. The Morgan fingerprint density at radius 2 is 2.25 bits per heavy atom. The second kappa shape index (κ2) is 2.88. The Balaban J connectivity index is 3.09. The van der Waals surface area contributed by atoms with Crippen LogP contribution in [0.25, 0.3) is 0 Å². The van der Waals surface area contributed by atoms with Gasteiger partial charge in [-0.05, 0) is 6.92 Å². The van der Waals surface area contributed by atoms with Crippen LogP contribution in [-0.2, 0) is 0 Å². The Labute approximate surface area is 65.8 Å². The molecule has 1 aromatic heterocycles. The van der Waals surface area contributed by atoms with E-state index in [0.717, 1.165) is 0 Å². The van der Waals surface area contributed by atoms with E-state index in [1.165, 1.54) is 6.92 Å². The van der Waals surface area contributed by atoms with E-state index >= 15 is 0 Å². The number of carbonyl (C=O) groups is 1. The summed E-state index contributed by atoms with van der Waals surface area (Å²) in [6, 6.07) is 0. The highest BCUT2D eigenvalue weighted by molar-refractivity contribution is 5.82. The summed E-state index contributed by atoms with van der Waals surface area (Å²) in [5.74, 6) is -2.85. The van der Waals surface area contributed by atoms with Crippen molar-refractivity contribution in [1.82, 2.24) is 4.98 Å². The number of alkyl halides is 2. The van der Waals surface area contributed by atoms with E-state index < -0.39 is 24.0 Å². The van der Waals surface area contributed by atoms with E-state index in [9.17, 15) is 13.6 Å². The van der Waals surface area contributed by atoms with Crippen molar-refractivity contribution in [2.45, 2.75) is 13.3 Å². The molecule has 0 saturated carbocycles. The average Bonchev–Trinajstić information content (AvgIpc) is 2.30. The van der Waals surface area contributed by atoms with Gasteiger partial charge in [-0.1, -0.05) is 0 Å². The molecule has 0 bridgehead atoms. The van der Waals surface area contributed by atoms with Crippen LogP contribution in [0.3, 0.4) is 0 Å². The fraction of sp³-hybridized carbons (Fsp3) is 0.333. The van der Waals surface area contributed by atoms with Gasteiger partial charge in [0.15, 0.2) is 5.76 Å². The third kappa shape index (κ3) is 1.41. The van der Waals surface area contributed by atoms with E-state index in [0.29, 0.717) is 0 Å². The molecule has 0 aliphatic rings. The molecule has 1 aromatic rings. The Bertz CT molecular complexity index is 308. The predicted octanol–water partition coefficient (Wildman–Crippen LogP) is 1.62. The van der Waals surface area contributed by atoms with Crippen LogP contribution in [0.2, 0.25) is 0 Å².